The van der Waals surface area contributed by atoms with Gasteiger partial charge in [0.05, 0.1) is 6.61 Å². The van der Waals surface area contributed by atoms with Gasteiger partial charge < -0.3 is 24.7 Å². The summed E-state index contributed by atoms with van der Waals surface area (Å²) in [4.78, 5) is 52.4. The quantitative estimate of drug-likeness (QED) is 0.0775. The molecule has 59 heavy (non-hydrogen) atoms. The van der Waals surface area contributed by atoms with E-state index in [1.165, 1.54) is 11.1 Å². The van der Waals surface area contributed by atoms with Gasteiger partial charge in [0.15, 0.2) is 0 Å². The number of fused-ring (bicyclic) bond motifs is 1. The minimum absolute atomic E-state index is 0.136. The summed E-state index contributed by atoms with van der Waals surface area (Å²) in [5, 5.41) is 19.4. The summed E-state index contributed by atoms with van der Waals surface area (Å²) in [5.74, 6) is -2.44. The van der Waals surface area contributed by atoms with Gasteiger partial charge in [-0.2, -0.15) is 13.2 Å². The number of phenols is 1. The molecule has 3 heterocycles. The van der Waals surface area contributed by atoms with Crippen LogP contribution in [0.5, 0.6) is 11.5 Å². The van der Waals surface area contributed by atoms with Crippen molar-refractivity contribution in [3.63, 3.8) is 0 Å². The number of carboxylic acids is 1. The topological polar surface area (TPSA) is 140 Å². The zero-order valence-electron chi connectivity index (χ0n) is 32.7. The van der Waals surface area contributed by atoms with Crippen LogP contribution in [0, 0.1) is 0 Å². The molecule has 2 fully saturated rings. The van der Waals surface area contributed by atoms with E-state index in [1.54, 1.807) is 17.0 Å². The van der Waals surface area contributed by atoms with Crippen LogP contribution >= 0.6 is 0 Å². The first-order chi connectivity index (χ1) is 28.3. The van der Waals surface area contributed by atoms with Gasteiger partial charge in [0, 0.05) is 50.4 Å². The van der Waals surface area contributed by atoms with Crippen molar-refractivity contribution in [1.82, 2.24) is 15.1 Å². The van der Waals surface area contributed by atoms with Crippen molar-refractivity contribution in [1.29, 1.82) is 0 Å². The van der Waals surface area contributed by atoms with Crippen LogP contribution in [-0.2, 0) is 20.9 Å². The predicted molar refractivity (Wildman–Crippen MR) is 217 cm³/mol. The molecule has 0 radical (unpaired) electrons. The van der Waals surface area contributed by atoms with Crippen molar-refractivity contribution in [2.75, 3.05) is 44.2 Å². The molecular weight excluding hydrogens is 766 g/mol. The van der Waals surface area contributed by atoms with E-state index in [9.17, 15) is 32.7 Å². The summed E-state index contributed by atoms with van der Waals surface area (Å²) in [7, 11) is 0. The number of amides is 3. The fourth-order valence-electron chi connectivity index (χ4n) is 7.64. The molecule has 0 bridgehead atoms. The Kier molecular flexibility index (Phi) is 13.7. The summed E-state index contributed by atoms with van der Waals surface area (Å²) >= 11 is 0. The number of allylic oxidation sites excluding steroid dienone is 1. The number of nitrogens with one attached hydrogen (secondary N) is 1. The Morgan fingerprint density at radius 1 is 0.847 bits per heavy atom. The number of hydrogen-bond acceptors (Lipinski definition) is 8. The predicted octanol–water partition coefficient (Wildman–Crippen LogP) is 7.14. The van der Waals surface area contributed by atoms with Crippen molar-refractivity contribution in [3.8, 4) is 11.5 Å². The van der Waals surface area contributed by atoms with Crippen LogP contribution in [0.15, 0.2) is 97.1 Å². The number of aliphatic carboxylic acids is 1. The van der Waals surface area contributed by atoms with E-state index < -0.39 is 18.2 Å². The van der Waals surface area contributed by atoms with Gasteiger partial charge in [0.1, 0.15) is 17.5 Å². The molecule has 7 rings (SSSR count). The first-order valence-electron chi connectivity index (χ1n) is 19.7. The number of nitrogens with zero attached hydrogens (tertiary/aromatic N) is 3. The van der Waals surface area contributed by atoms with Gasteiger partial charge in [-0.15, -0.1) is 0 Å². The lowest BCUT2D eigenvalue weighted by atomic mass is 9.88. The lowest BCUT2D eigenvalue weighted by Gasteiger charge is -2.36. The Morgan fingerprint density at radius 2 is 1.49 bits per heavy atom. The molecule has 310 valence electrons. The first-order valence-corrected chi connectivity index (χ1v) is 19.7. The third-order valence-electron chi connectivity index (χ3n) is 10.7. The van der Waals surface area contributed by atoms with E-state index >= 15 is 0 Å². The van der Waals surface area contributed by atoms with Gasteiger partial charge in [-0.3, -0.25) is 24.6 Å². The molecule has 4 aromatic carbocycles. The molecule has 1 atom stereocenters. The van der Waals surface area contributed by atoms with Crippen LogP contribution in [0.3, 0.4) is 0 Å². The van der Waals surface area contributed by atoms with Crippen molar-refractivity contribution < 1.29 is 47.3 Å². The standard InChI is InChI=1S/C43H46N4O5.C2HF3O2/c1-2-37(30-8-4-3-5-9-30)41(31-10-15-35(48)16-11-31)32-12-17-36(18-13-32)52-27-7-6-22-45-23-25-46(26-24-45)34-14-19-38-33(28-34)29-47(43(38)51)39-20-21-40(49)44-42(39)50;3-2(4,5)1(6)7/h3-5,8-19,28,39,48H,2,6-7,20-27,29H2,1H3,(H,44,49,50);(H,6,7)/t39-;/m0./s1. The van der Waals surface area contributed by atoms with Crippen LogP contribution in [0.25, 0.3) is 11.1 Å². The number of ether oxygens (including phenoxy) is 1. The number of carbonyl (C=O) groups is 4. The number of hydrogen-bond donors (Lipinski definition) is 3. The number of rotatable bonds is 12. The van der Waals surface area contributed by atoms with Crippen molar-refractivity contribution in [3.05, 3.63) is 125 Å². The Balaban J connectivity index is 0.000000768. The molecule has 3 N–H and O–H groups in total. The zero-order valence-corrected chi connectivity index (χ0v) is 32.7. The SMILES string of the molecule is CCC(=C(c1ccc(O)cc1)c1ccc(OCCCCN2CCN(c3ccc4c(c3)CN([C@H]3CCC(=O)NC3=O)C4=O)CC2)cc1)c1ccccc1.O=C(O)C(F)(F)F. The van der Waals surface area contributed by atoms with Crippen molar-refractivity contribution in [2.45, 2.75) is 57.8 Å². The number of anilines is 1. The van der Waals surface area contributed by atoms with Crippen LogP contribution in [0.2, 0.25) is 0 Å². The molecule has 2 saturated heterocycles. The van der Waals surface area contributed by atoms with Gasteiger partial charge >= 0.3 is 12.1 Å². The number of carbonyl (C=O) groups excluding carboxylic acids is 3. The third-order valence-corrected chi connectivity index (χ3v) is 10.7. The summed E-state index contributed by atoms with van der Waals surface area (Å²) in [6.45, 7) is 8.03. The molecule has 3 aliphatic heterocycles. The van der Waals surface area contributed by atoms with E-state index in [0.29, 0.717) is 25.1 Å². The van der Waals surface area contributed by atoms with Crippen LogP contribution in [-0.4, -0.2) is 95.3 Å². The molecule has 0 aromatic heterocycles. The largest absolute Gasteiger partial charge is 0.508 e. The van der Waals surface area contributed by atoms with E-state index in [2.05, 4.69) is 76.6 Å². The lowest BCUT2D eigenvalue weighted by molar-refractivity contribution is -0.192. The average Bonchev–Trinajstić information content (AvgIpc) is 3.55. The van der Waals surface area contributed by atoms with E-state index in [0.717, 1.165) is 85.7 Å². The highest BCUT2D eigenvalue weighted by atomic mass is 19.4. The number of carboxylic acid groups (broad SMARTS) is 1. The van der Waals surface area contributed by atoms with Crippen LogP contribution in [0.4, 0.5) is 18.9 Å². The number of imide groups is 1. The van der Waals surface area contributed by atoms with Crippen LogP contribution in [0.1, 0.15) is 71.6 Å². The highest BCUT2D eigenvalue weighted by molar-refractivity contribution is 6.05. The fourth-order valence-corrected chi connectivity index (χ4v) is 7.64. The van der Waals surface area contributed by atoms with E-state index in [-0.39, 0.29) is 29.9 Å². The first kappa shape index (κ1) is 42.5. The maximum atomic E-state index is 13.1. The molecular formula is C45H47F3N4O7. The third kappa shape index (κ3) is 10.7. The molecule has 0 aliphatic carbocycles. The normalized spacial score (nSPS) is 17.4. The number of benzene rings is 4. The second kappa shape index (κ2) is 19.1. The molecule has 0 unspecified atom stereocenters. The molecule has 11 nitrogen and oxygen atoms in total. The second-order valence-corrected chi connectivity index (χ2v) is 14.6. The molecule has 0 spiro atoms. The minimum Gasteiger partial charge on any atom is -0.508 e. The van der Waals surface area contributed by atoms with Crippen molar-refractivity contribution >= 4 is 40.5 Å². The maximum absolute atomic E-state index is 13.1. The number of piperazine rings is 1. The highest BCUT2D eigenvalue weighted by Gasteiger charge is 2.40. The Morgan fingerprint density at radius 3 is 2.10 bits per heavy atom. The monoisotopic (exact) mass is 812 g/mol. The molecule has 3 amide bonds. The second-order valence-electron chi connectivity index (χ2n) is 14.6. The summed E-state index contributed by atoms with van der Waals surface area (Å²) < 4.78 is 37.9. The minimum atomic E-state index is -5.08. The van der Waals surface area contributed by atoms with Gasteiger partial charge in [0.25, 0.3) is 5.91 Å². The molecule has 0 saturated carbocycles. The number of aromatic hydroxyl groups is 1. The smallest absolute Gasteiger partial charge is 0.490 e. The average molecular weight is 813 g/mol. The highest BCUT2D eigenvalue weighted by Crippen LogP contribution is 2.36. The number of halogens is 3. The Labute approximate surface area is 340 Å². The van der Waals surface area contributed by atoms with Gasteiger partial charge in [-0.05, 0) is 108 Å². The van der Waals surface area contributed by atoms with Crippen molar-refractivity contribution in [2.24, 2.45) is 0 Å². The number of phenolic OH excluding ortho intramolecular Hbond substituents is 1. The maximum Gasteiger partial charge on any atom is 0.490 e. The number of piperidine rings is 1. The fraction of sp³-hybridized carbons (Fsp3) is 0.333. The molecule has 4 aromatic rings. The van der Waals surface area contributed by atoms with Gasteiger partial charge in [0.2, 0.25) is 11.8 Å². The molecule has 14 heteroatoms. The van der Waals surface area contributed by atoms with Crippen LogP contribution < -0.4 is 15.0 Å². The van der Waals surface area contributed by atoms with Gasteiger partial charge in [-0.1, -0.05) is 61.5 Å². The zero-order chi connectivity index (χ0) is 42.1. The summed E-state index contributed by atoms with van der Waals surface area (Å²) in [6.07, 6.45) is -1.56. The summed E-state index contributed by atoms with van der Waals surface area (Å²) in [5.41, 5.74) is 8.47. The Hall–Kier alpha value is -6.15. The van der Waals surface area contributed by atoms with Gasteiger partial charge in [-0.25, -0.2) is 4.79 Å². The van der Waals surface area contributed by atoms with E-state index in [1.807, 2.05) is 30.3 Å². The lowest BCUT2D eigenvalue weighted by Crippen LogP contribution is -2.52. The molecule has 3 aliphatic rings. The van der Waals surface area contributed by atoms with E-state index in [4.69, 9.17) is 14.6 Å². The Bertz CT molecular complexity index is 2150. The number of alkyl halides is 3. The number of unbranched alkanes of at least 4 members (excludes halogenated alkanes) is 1. The summed E-state index contributed by atoms with van der Waals surface area (Å²) in [6, 6.07) is 31.7.